The number of hydrogen-bond acceptors (Lipinski definition) is 5. The smallest absolute Gasteiger partial charge is 0.333 e. The van der Waals surface area contributed by atoms with Crippen LogP contribution in [0.4, 0.5) is 0 Å². The highest BCUT2D eigenvalue weighted by Crippen LogP contribution is 2.15. The van der Waals surface area contributed by atoms with Crippen LogP contribution in [0.3, 0.4) is 0 Å². The molecular formula is C22H27NO5. The first-order chi connectivity index (χ1) is 13.4. The van der Waals surface area contributed by atoms with E-state index in [-0.39, 0.29) is 6.10 Å². The third-order valence-electron chi connectivity index (χ3n) is 3.80. The van der Waals surface area contributed by atoms with Crippen molar-refractivity contribution in [2.24, 2.45) is 5.16 Å². The van der Waals surface area contributed by atoms with Gasteiger partial charge in [0, 0.05) is 6.42 Å². The lowest BCUT2D eigenvalue weighted by molar-refractivity contribution is -0.153. The van der Waals surface area contributed by atoms with Crippen molar-refractivity contribution in [3.63, 3.8) is 0 Å². The SMILES string of the molecule is CC(COc1ccc(CC(OC(C)C)C(=O)O)cc1)=NOCc1ccccc1. The summed E-state index contributed by atoms with van der Waals surface area (Å²) in [5.74, 6) is -0.283. The van der Waals surface area contributed by atoms with E-state index >= 15 is 0 Å². The third kappa shape index (κ3) is 7.80. The first-order valence-electron chi connectivity index (χ1n) is 9.23. The average Bonchev–Trinajstić information content (AvgIpc) is 2.67. The summed E-state index contributed by atoms with van der Waals surface area (Å²) in [6.45, 7) is 6.19. The van der Waals surface area contributed by atoms with E-state index in [0.717, 1.165) is 16.8 Å². The van der Waals surface area contributed by atoms with Gasteiger partial charge in [-0.1, -0.05) is 47.6 Å². The number of rotatable bonds is 11. The lowest BCUT2D eigenvalue weighted by atomic mass is 10.1. The van der Waals surface area contributed by atoms with Crippen LogP contribution in [-0.4, -0.2) is 35.6 Å². The van der Waals surface area contributed by atoms with Gasteiger partial charge in [-0.2, -0.15) is 0 Å². The molecule has 0 bridgehead atoms. The minimum Gasteiger partial charge on any atom is -0.488 e. The number of carbonyl (C=O) groups is 1. The van der Waals surface area contributed by atoms with Crippen LogP contribution in [0.25, 0.3) is 0 Å². The lowest BCUT2D eigenvalue weighted by Crippen LogP contribution is -2.29. The van der Waals surface area contributed by atoms with Crippen LogP contribution >= 0.6 is 0 Å². The molecular weight excluding hydrogens is 358 g/mol. The normalized spacial score (nSPS) is 12.6. The van der Waals surface area contributed by atoms with E-state index in [2.05, 4.69) is 5.16 Å². The number of carboxylic acids is 1. The molecule has 0 aliphatic heterocycles. The minimum absolute atomic E-state index is 0.143. The van der Waals surface area contributed by atoms with Gasteiger partial charge in [-0.15, -0.1) is 0 Å². The molecule has 1 unspecified atom stereocenters. The lowest BCUT2D eigenvalue weighted by Gasteiger charge is -2.16. The molecule has 0 heterocycles. The van der Waals surface area contributed by atoms with Gasteiger partial charge in [-0.05, 0) is 44.0 Å². The molecule has 0 spiro atoms. The van der Waals surface area contributed by atoms with Gasteiger partial charge in [-0.25, -0.2) is 4.79 Å². The molecule has 0 saturated heterocycles. The average molecular weight is 385 g/mol. The zero-order valence-corrected chi connectivity index (χ0v) is 16.5. The molecule has 0 saturated carbocycles. The van der Waals surface area contributed by atoms with Gasteiger partial charge >= 0.3 is 5.97 Å². The van der Waals surface area contributed by atoms with Crippen molar-refractivity contribution < 1.29 is 24.2 Å². The topological polar surface area (TPSA) is 77.4 Å². The predicted molar refractivity (Wildman–Crippen MR) is 108 cm³/mol. The van der Waals surface area contributed by atoms with Gasteiger partial charge < -0.3 is 19.4 Å². The van der Waals surface area contributed by atoms with Gasteiger partial charge in [0.1, 0.15) is 19.0 Å². The van der Waals surface area contributed by atoms with E-state index in [9.17, 15) is 9.90 Å². The fourth-order valence-electron chi connectivity index (χ4n) is 2.46. The number of carboxylic acid groups (broad SMARTS) is 1. The number of ether oxygens (including phenoxy) is 2. The Hall–Kier alpha value is -2.86. The fraction of sp³-hybridized carbons (Fsp3) is 0.364. The molecule has 0 fully saturated rings. The molecule has 1 N–H and O–H groups in total. The summed E-state index contributed by atoms with van der Waals surface area (Å²) in [6, 6.07) is 17.1. The van der Waals surface area contributed by atoms with Crippen molar-refractivity contribution in [2.75, 3.05) is 6.61 Å². The molecule has 2 aromatic rings. The zero-order valence-electron chi connectivity index (χ0n) is 16.5. The molecule has 0 aliphatic rings. The monoisotopic (exact) mass is 385 g/mol. The van der Waals surface area contributed by atoms with E-state index < -0.39 is 12.1 Å². The predicted octanol–water partition coefficient (Wildman–Crippen LogP) is 4.08. The van der Waals surface area contributed by atoms with Crippen LogP contribution in [0.15, 0.2) is 59.8 Å². The van der Waals surface area contributed by atoms with Crippen molar-refractivity contribution in [1.29, 1.82) is 0 Å². The van der Waals surface area contributed by atoms with Crippen molar-refractivity contribution in [2.45, 2.75) is 46.0 Å². The van der Waals surface area contributed by atoms with Crippen molar-refractivity contribution in [3.05, 3.63) is 65.7 Å². The Morgan fingerprint density at radius 1 is 1.04 bits per heavy atom. The molecule has 6 heteroatoms. The van der Waals surface area contributed by atoms with Crippen LogP contribution in [0.1, 0.15) is 31.9 Å². The summed E-state index contributed by atoms with van der Waals surface area (Å²) >= 11 is 0. The van der Waals surface area contributed by atoms with E-state index in [1.807, 2.05) is 75.4 Å². The van der Waals surface area contributed by atoms with Crippen LogP contribution in [0.5, 0.6) is 5.75 Å². The number of aliphatic carboxylic acids is 1. The number of hydrogen-bond donors (Lipinski definition) is 1. The third-order valence-corrected chi connectivity index (χ3v) is 3.80. The molecule has 6 nitrogen and oxygen atoms in total. The molecule has 2 rings (SSSR count). The Morgan fingerprint density at radius 2 is 1.71 bits per heavy atom. The molecule has 1 atom stereocenters. The van der Waals surface area contributed by atoms with Gasteiger partial charge in [0.05, 0.1) is 11.8 Å². The maximum atomic E-state index is 11.3. The summed E-state index contributed by atoms with van der Waals surface area (Å²) in [4.78, 5) is 16.6. The van der Waals surface area contributed by atoms with E-state index in [4.69, 9.17) is 14.3 Å². The highest BCUT2D eigenvalue weighted by atomic mass is 16.6. The summed E-state index contributed by atoms with van der Waals surface area (Å²) < 4.78 is 11.1. The van der Waals surface area contributed by atoms with Crippen LogP contribution in [0.2, 0.25) is 0 Å². The molecule has 28 heavy (non-hydrogen) atoms. The van der Waals surface area contributed by atoms with E-state index in [0.29, 0.717) is 25.4 Å². The minimum atomic E-state index is -0.962. The number of oxime groups is 1. The first-order valence-corrected chi connectivity index (χ1v) is 9.23. The Balaban J connectivity index is 1.79. The largest absolute Gasteiger partial charge is 0.488 e. The van der Waals surface area contributed by atoms with Gasteiger partial charge in [0.15, 0.2) is 6.10 Å². The Morgan fingerprint density at radius 3 is 2.32 bits per heavy atom. The second-order valence-electron chi connectivity index (χ2n) is 6.73. The number of nitrogens with zero attached hydrogens (tertiary/aromatic N) is 1. The van der Waals surface area contributed by atoms with E-state index in [1.54, 1.807) is 0 Å². The molecule has 2 aromatic carbocycles. The van der Waals surface area contributed by atoms with Crippen LogP contribution in [0, 0.1) is 0 Å². The van der Waals surface area contributed by atoms with Crippen molar-refractivity contribution in [1.82, 2.24) is 0 Å². The zero-order chi connectivity index (χ0) is 20.4. The maximum Gasteiger partial charge on any atom is 0.333 e. The van der Waals surface area contributed by atoms with Crippen molar-refractivity contribution >= 4 is 11.7 Å². The molecule has 0 aromatic heterocycles. The quantitative estimate of drug-likeness (QED) is 0.466. The summed E-state index contributed by atoms with van der Waals surface area (Å²) in [5, 5.41) is 13.3. The first kappa shape index (κ1) is 21.4. The van der Waals surface area contributed by atoms with Gasteiger partial charge in [-0.3, -0.25) is 0 Å². The summed E-state index contributed by atoms with van der Waals surface area (Å²) in [6.07, 6.45) is -0.695. The Bertz CT molecular complexity index is 756. The summed E-state index contributed by atoms with van der Waals surface area (Å²) in [7, 11) is 0. The molecule has 0 aliphatic carbocycles. The van der Waals surface area contributed by atoms with E-state index in [1.165, 1.54) is 0 Å². The Kier molecular flexibility index (Phi) is 8.49. The van der Waals surface area contributed by atoms with Gasteiger partial charge in [0.25, 0.3) is 0 Å². The molecule has 0 radical (unpaired) electrons. The summed E-state index contributed by atoms with van der Waals surface area (Å²) in [5.41, 5.74) is 2.64. The van der Waals surface area contributed by atoms with Crippen molar-refractivity contribution in [3.8, 4) is 5.75 Å². The molecule has 0 amide bonds. The Labute approximate surface area is 165 Å². The van der Waals surface area contributed by atoms with Crippen LogP contribution in [-0.2, 0) is 27.4 Å². The second kappa shape index (κ2) is 11.1. The number of benzene rings is 2. The highest BCUT2D eigenvalue weighted by molar-refractivity contribution is 5.82. The molecule has 150 valence electrons. The fourth-order valence-corrected chi connectivity index (χ4v) is 2.46. The highest BCUT2D eigenvalue weighted by Gasteiger charge is 2.20. The standard InChI is InChI=1S/C22H27NO5/c1-16(2)28-21(22(24)25)13-18-9-11-20(12-10-18)26-14-17(3)23-27-15-19-7-5-4-6-8-19/h4-12,16,21H,13-15H2,1-3H3,(H,24,25). The van der Waals surface area contributed by atoms with Gasteiger partial charge in [0.2, 0.25) is 0 Å². The maximum absolute atomic E-state index is 11.3. The second-order valence-corrected chi connectivity index (χ2v) is 6.73. The van der Waals surface area contributed by atoms with Crippen LogP contribution < -0.4 is 4.74 Å².